The Hall–Kier alpha value is -3.76. The zero-order valence-corrected chi connectivity index (χ0v) is 24.8. The number of pyridine rings is 1. The van der Waals surface area contributed by atoms with Gasteiger partial charge in [0.05, 0.1) is 35.2 Å². The highest BCUT2D eigenvalue weighted by atomic mass is 35.5. The molecule has 0 saturated carbocycles. The molecular formula is C28H31ClFN5O6S. The lowest BCUT2D eigenvalue weighted by Crippen LogP contribution is -2.43. The Morgan fingerprint density at radius 3 is 2.55 bits per heavy atom. The number of piperidine rings is 1. The van der Waals surface area contributed by atoms with E-state index in [1.165, 1.54) is 18.2 Å². The number of hydrogen-bond donors (Lipinski definition) is 1. The molecule has 1 aromatic carbocycles. The topological polar surface area (TPSA) is 150 Å². The number of likely N-dealkylation sites (tertiary alicyclic amines) is 1. The van der Waals surface area contributed by atoms with Crippen LogP contribution in [0.2, 0.25) is 5.02 Å². The van der Waals surface area contributed by atoms with Crippen LogP contribution < -0.4 is 9.62 Å². The first-order chi connectivity index (χ1) is 19.9. The van der Waals surface area contributed by atoms with Crippen molar-refractivity contribution >= 4 is 45.2 Å². The predicted octanol–water partition coefficient (Wildman–Crippen LogP) is 3.30. The van der Waals surface area contributed by atoms with Gasteiger partial charge in [0.2, 0.25) is 21.8 Å². The van der Waals surface area contributed by atoms with Crippen molar-refractivity contribution in [2.75, 3.05) is 24.5 Å². The van der Waals surface area contributed by atoms with E-state index >= 15 is 0 Å². The van der Waals surface area contributed by atoms with Crippen LogP contribution in [0.5, 0.6) is 0 Å². The number of aromatic nitrogens is 1. The highest BCUT2D eigenvalue weighted by Gasteiger charge is 2.31. The van der Waals surface area contributed by atoms with Gasteiger partial charge in [-0.05, 0) is 51.3 Å². The molecule has 0 spiro atoms. The number of nitrogens with zero attached hydrogens (tertiary/aromatic N) is 4. The van der Waals surface area contributed by atoms with Crippen molar-refractivity contribution in [3.63, 3.8) is 0 Å². The highest BCUT2D eigenvalue weighted by Crippen LogP contribution is 2.29. The highest BCUT2D eigenvalue weighted by molar-refractivity contribution is 7.89. The second-order valence-electron chi connectivity index (χ2n) is 10.6. The molecule has 0 bridgehead atoms. The molecule has 0 radical (unpaired) electrons. The van der Waals surface area contributed by atoms with Gasteiger partial charge in [-0.2, -0.15) is 5.26 Å². The lowest BCUT2D eigenvalue weighted by Gasteiger charge is -2.33. The van der Waals surface area contributed by atoms with Gasteiger partial charge in [0.1, 0.15) is 17.7 Å². The van der Waals surface area contributed by atoms with Gasteiger partial charge < -0.3 is 14.5 Å². The Morgan fingerprint density at radius 1 is 1.24 bits per heavy atom. The first-order valence-corrected chi connectivity index (χ1v) is 15.6. The fraction of sp³-hybridized carbons (Fsp3) is 0.464. The Balaban J connectivity index is 1.48. The van der Waals surface area contributed by atoms with E-state index in [1.54, 1.807) is 23.6 Å². The van der Waals surface area contributed by atoms with Crippen molar-refractivity contribution < 1.29 is 31.9 Å². The van der Waals surface area contributed by atoms with E-state index in [4.69, 9.17) is 16.3 Å². The summed E-state index contributed by atoms with van der Waals surface area (Å²) in [6, 6.07) is 7.12. The van der Waals surface area contributed by atoms with Crippen LogP contribution in [-0.4, -0.2) is 61.8 Å². The van der Waals surface area contributed by atoms with E-state index in [-0.39, 0.29) is 60.1 Å². The molecule has 0 unspecified atom stereocenters. The number of hydrogen-bond acceptors (Lipinski definition) is 9. The summed E-state index contributed by atoms with van der Waals surface area (Å²) in [7, 11) is -4.17. The fourth-order valence-corrected chi connectivity index (χ4v) is 6.31. The molecule has 4 rings (SSSR count). The molecule has 11 nitrogen and oxygen atoms in total. The molecule has 3 heterocycles. The van der Waals surface area contributed by atoms with Crippen LogP contribution in [0.3, 0.4) is 0 Å². The van der Waals surface area contributed by atoms with E-state index in [9.17, 15) is 32.5 Å². The molecule has 0 aliphatic carbocycles. The molecule has 2 saturated heterocycles. The van der Waals surface area contributed by atoms with Crippen molar-refractivity contribution in [3.05, 3.63) is 57.5 Å². The van der Waals surface area contributed by atoms with Crippen LogP contribution >= 0.6 is 11.6 Å². The molecule has 224 valence electrons. The van der Waals surface area contributed by atoms with Gasteiger partial charge >= 0.3 is 5.97 Å². The summed E-state index contributed by atoms with van der Waals surface area (Å²) >= 11 is 5.72. The van der Waals surface area contributed by atoms with Crippen LogP contribution in [0, 0.1) is 23.1 Å². The SMILES string of the molecule is CC(C)OC(=O)c1cc(C#N)c(N2CCC(C(=O)NS(=O)(=O)Cc3ccc(Cl)cc3F)CC2)nc1CN1CCCC1=O. The van der Waals surface area contributed by atoms with Gasteiger partial charge in [-0.15, -0.1) is 0 Å². The molecule has 0 atom stereocenters. The second kappa shape index (κ2) is 13.0. The van der Waals surface area contributed by atoms with E-state index in [0.29, 0.717) is 30.9 Å². The van der Waals surface area contributed by atoms with Crippen LogP contribution in [0.25, 0.3) is 0 Å². The maximum absolute atomic E-state index is 14.1. The summed E-state index contributed by atoms with van der Waals surface area (Å²) in [6.07, 6.45) is 1.24. The molecule has 2 amide bonds. The number of carbonyl (C=O) groups excluding carboxylic acids is 3. The minimum Gasteiger partial charge on any atom is -0.459 e. The summed E-state index contributed by atoms with van der Waals surface area (Å²) < 4.78 is 46.6. The third-order valence-corrected chi connectivity index (χ3v) is 8.50. The first kappa shape index (κ1) is 31.2. The third-order valence-electron chi connectivity index (χ3n) is 7.06. The summed E-state index contributed by atoms with van der Waals surface area (Å²) in [5.41, 5.74) is 0.444. The van der Waals surface area contributed by atoms with E-state index in [0.717, 1.165) is 6.07 Å². The van der Waals surface area contributed by atoms with E-state index < -0.39 is 45.5 Å². The van der Waals surface area contributed by atoms with E-state index in [2.05, 4.69) is 11.1 Å². The molecule has 2 fully saturated rings. The van der Waals surface area contributed by atoms with Gasteiger partial charge in [-0.25, -0.2) is 22.6 Å². The molecule has 42 heavy (non-hydrogen) atoms. The van der Waals surface area contributed by atoms with Crippen molar-refractivity contribution in [2.45, 2.75) is 57.9 Å². The number of ether oxygens (including phenoxy) is 1. The molecule has 1 N–H and O–H groups in total. The average Bonchev–Trinajstić information content (AvgIpc) is 3.33. The molecular weight excluding hydrogens is 589 g/mol. The molecule has 2 aliphatic heterocycles. The molecule has 2 aliphatic rings. The van der Waals surface area contributed by atoms with Crippen molar-refractivity contribution in [1.82, 2.24) is 14.6 Å². The fourth-order valence-electron chi connectivity index (χ4n) is 4.96. The number of sulfonamides is 1. The van der Waals surface area contributed by atoms with Crippen LogP contribution in [0.4, 0.5) is 10.2 Å². The van der Waals surface area contributed by atoms with E-state index in [1.807, 2.05) is 4.72 Å². The van der Waals surface area contributed by atoms with Gasteiger partial charge in [-0.1, -0.05) is 17.7 Å². The van der Waals surface area contributed by atoms with Gasteiger partial charge in [0, 0.05) is 42.6 Å². The molecule has 14 heteroatoms. The quantitative estimate of drug-likeness (QED) is 0.417. The predicted molar refractivity (Wildman–Crippen MR) is 151 cm³/mol. The normalized spacial score (nSPS) is 16.0. The Bertz CT molecular complexity index is 1540. The summed E-state index contributed by atoms with van der Waals surface area (Å²) in [6.45, 7) is 4.59. The van der Waals surface area contributed by atoms with Gasteiger partial charge in [-0.3, -0.25) is 14.3 Å². The number of nitriles is 1. The second-order valence-corrected chi connectivity index (χ2v) is 12.7. The largest absolute Gasteiger partial charge is 0.459 e. The monoisotopic (exact) mass is 619 g/mol. The Kier molecular flexibility index (Phi) is 9.68. The summed E-state index contributed by atoms with van der Waals surface area (Å²) in [4.78, 5) is 46.0. The zero-order valence-electron chi connectivity index (χ0n) is 23.2. The molecule has 1 aromatic heterocycles. The summed E-state index contributed by atoms with van der Waals surface area (Å²) in [5.74, 6) is -3.22. The third kappa shape index (κ3) is 7.54. The lowest BCUT2D eigenvalue weighted by atomic mass is 9.96. The standard InChI is InChI=1S/C28H31ClFN5O6S/c1-17(2)41-28(38)22-12-20(14-31)26(32-24(22)15-35-9-3-4-25(35)36)34-10-7-18(8-11-34)27(37)33-42(39,40)16-19-5-6-21(29)13-23(19)30/h5-6,12-13,17-18H,3-4,7-11,15-16H2,1-2H3,(H,33,37). The number of amides is 2. The minimum atomic E-state index is -4.17. The zero-order chi connectivity index (χ0) is 30.6. The Morgan fingerprint density at radius 2 is 1.95 bits per heavy atom. The smallest absolute Gasteiger partial charge is 0.340 e. The first-order valence-electron chi connectivity index (χ1n) is 13.5. The average molecular weight is 620 g/mol. The minimum absolute atomic E-state index is 0.0496. The number of esters is 1. The van der Waals surface area contributed by atoms with Crippen molar-refractivity contribution in [3.8, 4) is 6.07 Å². The number of carbonyl (C=O) groups is 3. The maximum Gasteiger partial charge on any atom is 0.340 e. The Labute approximate surface area is 248 Å². The summed E-state index contributed by atoms with van der Waals surface area (Å²) in [5, 5.41) is 10.0. The van der Waals surface area contributed by atoms with Gasteiger partial charge in [0.15, 0.2) is 0 Å². The number of halogens is 2. The number of nitrogens with one attached hydrogen (secondary N) is 1. The van der Waals surface area contributed by atoms with Crippen LogP contribution in [0.1, 0.15) is 66.7 Å². The maximum atomic E-state index is 14.1. The van der Waals surface area contributed by atoms with Crippen molar-refractivity contribution in [1.29, 1.82) is 5.26 Å². The van der Waals surface area contributed by atoms with Crippen LogP contribution in [-0.2, 0) is 36.6 Å². The number of rotatable bonds is 9. The van der Waals surface area contributed by atoms with Crippen LogP contribution in [0.15, 0.2) is 24.3 Å². The number of anilines is 1. The number of benzene rings is 1. The lowest BCUT2D eigenvalue weighted by molar-refractivity contribution is -0.128. The molecule has 2 aromatic rings. The van der Waals surface area contributed by atoms with Gasteiger partial charge in [0.25, 0.3) is 0 Å². The van der Waals surface area contributed by atoms with Crippen molar-refractivity contribution in [2.24, 2.45) is 5.92 Å².